The lowest BCUT2D eigenvalue weighted by molar-refractivity contribution is -0.120. The minimum Gasteiger partial charge on any atom is -0.487 e. The summed E-state index contributed by atoms with van der Waals surface area (Å²) in [6.07, 6.45) is 1.52. The number of sulfonamides is 1. The van der Waals surface area contributed by atoms with E-state index in [1.807, 2.05) is 38.1 Å². The Balaban J connectivity index is 1.82. The fraction of sp³-hybridized carbons (Fsp3) is 0.350. The predicted molar refractivity (Wildman–Crippen MR) is 105 cm³/mol. The fourth-order valence-electron chi connectivity index (χ4n) is 3.33. The molecule has 2 aromatic rings. The Hall–Kier alpha value is -2.61. The number of amides is 1. The van der Waals surface area contributed by atoms with Crippen molar-refractivity contribution < 1.29 is 22.3 Å². The van der Waals surface area contributed by atoms with E-state index < -0.39 is 33.9 Å². The SMILES string of the molecule is CC1(C)C[C@H](NC(=O)CN(c2cccc(F)c2)S(C)(=O)=O)c2ccccc2O1. The maximum Gasteiger partial charge on any atom is 0.241 e. The van der Waals surface area contributed by atoms with Crippen LogP contribution in [0.5, 0.6) is 5.75 Å². The zero-order valence-electron chi connectivity index (χ0n) is 16.0. The van der Waals surface area contributed by atoms with Crippen LogP contribution in [0.3, 0.4) is 0 Å². The number of ether oxygens (including phenoxy) is 1. The van der Waals surface area contributed by atoms with Crippen LogP contribution < -0.4 is 14.4 Å². The van der Waals surface area contributed by atoms with E-state index in [2.05, 4.69) is 5.32 Å². The van der Waals surface area contributed by atoms with Gasteiger partial charge in [0.25, 0.3) is 0 Å². The van der Waals surface area contributed by atoms with E-state index in [1.54, 1.807) is 0 Å². The van der Waals surface area contributed by atoms with Crippen LogP contribution >= 0.6 is 0 Å². The number of fused-ring (bicyclic) bond motifs is 1. The topological polar surface area (TPSA) is 75.7 Å². The first kappa shape index (κ1) is 20.1. The second kappa shape index (κ2) is 7.43. The molecule has 0 unspecified atom stereocenters. The van der Waals surface area contributed by atoms with Crippen molar-refractivity contribution in [1.29, 1.82) is 0 Å². The zero-order chi connectivity index (χ0) is 20.5. The number of nitrogens with one attached hydrogen (secondary N) is 1. The maximum atomic E-state index is 13.5. The molecule has 2 aromatic carbocycles. The number of hydrogen-bond acceptors (Lipinski definition) is 4. The predicted octanol–water partition coefficient (Wildman–Crippen LogP) is 3.01. The number of benzene rings is 2. The van der Waals surface area contributed by atoms with Gasteiger partial charge in [-0.2, -0.15) is 0 Å². The Morgan fingerprint density at radius 3 is 2.64 bits per heavy atom. The second-order valence-electron chi connectivity index (χ2n) is 7.47. The number of anilines is 1. The molecule has 150 valence electrons. The summed E-state index contributed by atoms with van der Waals surface area (Å²) in [5.74, 6) is -0.368. The molecule has 1 heterocycles. The van der Waals surface area contributed by atoms with Crippen molar-refractivity contribution >= 4 is 21.6 Å². The quantitative estimate of drug-likeness (QED) is 0.828. The highest BCUT2D eigenvalue weighted by Gasteiger charge is 2.34. The third-order valence-electron chi connectivity index (χ3n) is 4.50. The number of carbonyl (C=O) groups excluding carboxylic acids is 1. The lowest BCUT2D eigenvalue weighted by Gasteiger charge is -2.38. The summed E-state index contributed by atoms with van der Waals surface area (Å²) in [7, 11) is -3.77. The van der Waals surface area contributed by atoms with Crippen molar-refractivity contribution in [3.05, 3.63) is 59.9 Å². The molecule has 1 aliphatic rings. The van der Waals surface area contributed by atoms with E-state index in [-0.39, 0.29) is 11.7 Å². The van der Waals surface area contributed by atoms with Crippen molar-refractivity contribution in [3.63, 3.8) is 0 Å². The molecule has 28 heavy (non-hydrogen) atoms. The molecule has 0 bridgehead atoms. The van der Waals surface area contributed by atoms with Crippen molar-refractivity contribution in [2.24, 2.45) is 0 Å². The molecule has 1 aliphatic heterocycles. The van der Waals surface area contributed by atoms with E-state index in [1.165, 1.54) is 18.2 Å². The van der Waals surface area contributed by atoms with Gasteiger partial charge in [0.15, 0.2) is 0 Å². The first-order valence-corrected chi connectivity index (χ1v) is 10.7. The third kappa shape index (κ3) is 4.62. The molecule has 3 rings (SSSR count). The normalized spacial score (nSPS) is 17.9. The molecule has 0 radical (unpaired) electrons. The van der Waals surface area contributed by atoms with E-state index >= 15 is 0 Å². The van der Waals surface area contributed by atoms with Gasteiger partial charge >= 0.3 is 0 Å². The summed E-state index contributed by atoms with van der Waals surface area (Å²) in [6, 6.07) is 12.3. The van der Waals surface area contributed by atoms with Crippen LogP contribution in [0.1, 0.15) is 31.9 Å². The van der Waals surface area contributed by atoms with E-state index in [0.29, 0.717) is 12.2 Å². The Kier molecular flexibility index (Phi) is 5.34. The van der Waals surface area contributed by atoms with Gasteiger partial charge in [-0.1, -0.05) is 24.3 Å². The van der Waals surface area contributed by atoms with E-state index in [9.17, 15) is 17.6 Å². The zero-order valence-corrected chi connectivity index (χ0v) is 16.8. The van der Waals surface area contributed by atoms with Crippen molar-refractivity contribution in [2.75, 3.05) is 17.1 Å². The average Bonchev–Trinajstić information content (AvgIpc) is 2.57. The van der Waals surface area contributed by atoms with Gasteiger partial charge in [-0.15, -0.1) is 0 Å². The highest BCUT2D eigenvalue weighted by molar-refractivity contribution is 7.92. The Bertz CT molecular complexity index is 991. The molecule has 8 heteroatoms. The van der Waals surface area contributed by atoms with Gasteiger partial charge in [-0.05, 0) is 38.1 Å². The summed E-state index contributed by atoms with van der Waals surface area (Å²) < 4.78 is 44.7. The highest BCUT2D eigenvalue weighted by Crippen LogP contribution is 2.39. The Labute approximate surface area is 164 Å². The molecule has 0 saturated carbocycles. The van der Waals surface area contributed by atoms with Crippen LogP contribution in [0.2, 0.25) is 0 Å². The number of carbonyl (C=O) groups is 1. The molecule has 0 aromatic heterocycles. The lowest BCUT2D eigenvalue weighted by atomic mass is 9.89. The second-order valence-corrected chi connectivity index (χ2v) is 9.38. The molecule has 1 atom stereocenters. The van der Waals surface area contributed by atoms with Crippen LogP contribution in [-0.4, -0.2) is 32.7 Å². The van der Waals surface area contributed by atoms with E-state index in [0.717, 1.165) is 22.2 Å². The molecule has 0 spiro atoms. The lowest BCUT2D eigenvalue weighted by Crippen LogP contribution is -2.45. The number of halogens is 1. The van der Waals surface area contributed by atoms with Crippen molar-refractivity contribution in [3.8, 4) is 5.75 Å². The highest BCUT2D eigenvalue weighted by atomic mass is 32.2. The minimum atomic E-state index is -3.77. The summed E-state index contributed by atoms with van der Waals surface area (Å²) in [4.78, 5) is 12.7. The fourth-order valence-corrected chi connectivity index (χ4v) is 4.18. The van der Waals surface area contributed by atoms with Gasteiger partial charge in [0, 0.05) is 12.0 Å². The summed E-state index contributed by atoms with van der Waals surface area (Å²) in [5, 5.41) is 2.90. The van der Waals surface area contributed by atoms with Crippen molar-refractivity contribution in [1.82, 2.24) is 5.32 Å². The standard InChI is InChI=1S/C20H23FN2O4S/c1-20(2)12-17(16-9-4-5-10-18(16)27-20)22-19(24)13-23(28(3,25)26)15-8-6-7-14(21)11-15/h4-11,17H,12-13H2,1-3H3,(H,22,24)/t17-/m0/s1. The van der Waals surface area contributed by atoms with E-state index in [4.69, 9.17) is 4.74 Å². The first-order chi connectivity index (χ1) is 13.0. The van der Waals surface area contributed by atoms with Gasteiger partial charge in [0.05, 0.1) is 18.0 Å². The smallest absolute Gasteiger partial charge is 0.241 e. The number of para-hydroxylation sites is 1. The van der Waals surface area contributed by atoms with Crippen molar-refractivity contribution in [2.45, 2.75) is 31.9 Å². The number of nitrogens with zero attached hydrogens (tertiary/aromatic N) is 1. The van der Waals surface area contributed by atoms with Gasteiger partial charge in [0.2, 0.25) is 15.9 Å². The summed E-state index contributed by atoms with van der Waals surface area (Å²) >= 11 is 0. The van der Waals surface area contributed by atoms with Gasteiger partial charge in [0.1, 0.15) is 23.7 Å². The molecule has 0 fully saturated rings. The van der Waals surface area contributed by atoms with Gasteiger partial charge in [-0.3, -0.25) is 9.10 Å². The maximum absolute atomic E-state index is 13.5. The van der Waals surface area contributed by atoms with Crippen LogP contribution in [-0.2, 0) is 14.8 Å². The Morgan fingerprint density at radius 2 is 1.96 bits per heavy atom. The summed E-state index contributed by atoms with van der Waals surface area (Å²) in [5.41, 5.74) is 0.461. The molecule has 0 aliphatic carbocycles. The molecule has 1 N–H and O–H groups in total. The van der Waals surface area contributed by atoms with Gasteiger partial charge < -0.3 is 10.1 Å². The molecule has 6 nitrogen and oxygen atoms in total. The minimum absolute atomic E-state index is 0.102. The first-order valence-electron chi connectivity index (χ1n) is 8.86. The largest absolute Gasteiger partial charge is 0.487 e. The molecule has 1 amide bonds. The molecular formula is C20H23FN2O4S. The Morgan fingerprint density at radius 1 is 1.25 bits per heavy atom. The van der Waals surface area contributed by atoms with Crippen LogP contribution in [0.15, 0.2) is 48.5 Å². The molecular weight excluding hydrogens is 383 g/mol. The number of rotatable bonds is 5. The van der Waals surface area contributed by atoms with Crippen LogP contribution in [0.25, 0.3) is 0 Å². The number of hydrogen-bond donors (Lipinski definition) is 1. The molecule has 0 saturated heterocycles. The average molecular weight is 406 g/mol. The summed E-state index contributed by atoms with van der Waals surface area (Å²) in [6.45, 7) is 3.41. The van der Waals surface area contributed by atoms with Gasteiger partial charge in [-0.25, -0.2) is 12.8 Å². The van der Waals surface area contributed by atoms with Crippen LogP contribution in [0, 0.1) is 5.82 Å². The van der Waals surface area contributed by atoms with Crippen LogP contribution in [0.4, 0.5) is 10.1 Å². The third-order valence-corrected chi connectivity index (χ3v) is 5.64. The monoisotopic (exact) mass is 406 g/mol.